The number of aliphatic imine (C=N–C) groups is 1. The second-order valence-electron chi connectivity index (χ2n) is 5.62. The number of nitrogens with zero attached hydrogens (tertiary/aromatic N) is 5. The number of thiophene rings is 1. The predicted octanol–water partition coefficient (Wildman–Crippen LogP) is 2.39. The fourth-order valence-corrected chi connectivity index (χ4v) is 3.52. The predicted molar refractivity (Wildman–Crippen MR) is 112 cm³/mol. The van der Waals surface area contributed by atoms with Gasteiger partial charge in [-0.2, -0.15) is 5.10 Å². The molecule has 132 valence electrons. The highest BCUT2D eigenvalue weighted by Crippen LogP contribution is 2.22. The summed E-state index contributed by atoms with van der Waals surface area (Å²) in [5.41, 5.74) is 1.14. The molecule has 2 aromatic rings. The molecule has 6 nitrogen and oxygen atoms in total. The van der Waals surface area contributed by atoms with Crippen LogP contribution >= 0.6 is 35.3 Å². The van der Waals surface area contributed by atoms with Gasteiger partial charge in [-0.25, -0.2) is 4.99 Å². The summed E-state index contributed by atoms with van der Waals surface area (Å²) in [4.78, 5) is 9.57. The Morgan fingerprint density at radius 1 is 1.33 bits per heavy atom. The third-order valence-corrected chi connectivity index (χ3v) is 4.83. The number of hydrogen-bond acceptors (Lipinski definition) is 4. The standard InChI is InChI=1S/C16H24N6S.HI/c1-3-17-16(18-11-14-12-19-20(2)13-14)22-8-6-21(7-9-22)15-5-4-10-23-15;/h4-5,10,12-13H,3,6-9,11H2,1-2H3,(H,17,18);1H. The molecule has 1 aliphatic heterocycles. The average Bonchev–Trinajstić information content (AvgIpc) is 3.23. The third-order valence-electron chi connectivity index (χ3n) is 3.90. The molecule has 0 aromatic carbocycles. The molecule has 1 N–H and O–H groups in total. The zero-order valence-electron chi connectivity index (χ0n) is 14.2. The molecule has 2 aromatic heterocycles. The topological polar surface area (TPSA) is 48.7 Å². The van der Waals surface area contributed by atoms with Gasteiger partial charge in [-0.15, -0.1) is 35.3 Å². The number of hydrogen-bond donors (Lipinski definition) is 1. The number of anilines is 1. The summed E-state index contributed by atoms with van der Waals surface area (Å²) in [6, 6.07) is 4.31. The van der Waals surface area contributed by atoms with E-state index in [2.05, 4.69) is 44.7 Å². The van der Waals surface area contributed by atoms with Crippen LogP contribution in [0.3, 0.4) is 0 Å². The van der Waals surface area contributed by atoms with Gasteiger partial charge in [0, 0.05) is 51.5 Å². The summed E-state index contributed by atoms with van der Waals surface area (Å²) >= 11 is 1.81. The van der Waals surface area contributed by atoms with Crippen LogP contribution in [-0.4, -0.2) is 53.4 Å². The first-order valence-electron chi connectivity index (χ1n) is 8.05. The van der Waals surface area contributed by atoms with E-state index in [1.807, 2.05) is 35.5 Å². The Balaban J connectivity index is 0.00000208. The third kappa shape index (κ3) is 4.85. The normalized spacial score (nSPS) is 15.3. The minimum absolute atomic E-state index is 0. The van der Waals surface area contributed by atoms with E-state index in [1.54, 1.807) is 0 Å². The van der Waals surface area contributed by atoms with E-state index in [0.717, 1.165) is 44.2 Å². The van der Waals surface area contributed by atoms with E-state index in [4.69, 9.17) is 4.99 Å². The highest BCUT2D eigenvalue weighted by Gasteiger charge is 2.20. The van der Waals surface area contributed by atoms with Crippen molar-refractivity contribution in [3.05, 3.63) is 35.5 Å². The van der Waals surface area contributed by atoms with Crippen molar-refractivity contribution in [1.29, 1.82) is 0 Å². The molecule has 24 heavy (non-hydrogen) atoms. The summed E-state index contributed by atoms with van der Waals surface area (Å²) in [5, 5.41) is 11.1. The maximum absolute atomic E-state index is 4.77. The molecule has 0 bridgehead atoms. The van der Waals surface area contributed by atoms with Crippen LogP contribution < -0.4 is 10.2 Å². The van der Waals surface area contributed by atoms with Crippen LogP contribution in [0.25, 0.3) is 0 Å². The first-order chi connectivity index (χ1) is 11.3. The molecule has 0 amide bonds. The molecular formula is C16H25IN6S. The van der Waals surface area contributed by atoms with E-state index in [-0.39, 0.29) is 24.0 Å². The SMILES string of the molecule is CCNC(=NCc1cnn(C)c1)N1CCN(c2cccs2)CC1.I. The molecule has 1 saturated heterocycles. The van der Waals surface area contributed by atoms with Crippen molar-refractivity contribution in [2.24, 2.45) is 12.0 Å². The van der Waals surface area contributed by atoms with E-state index in [0.29, 0.717) is 6.54 Å². The number of nitrogens with one attached hydrogen (secondary N) is 1. The van der Waals surface area contributed by atoms with E-state index in [9.17, 15) is 0 Å². The maximum atomic E-state index is 4.77. The minimum atomic E-state index is 0. The lowest BCUT2D eigenvalue weighted by molar-refractivity contribution is 0.373. The Hall–Kier alpha value is -1.29. The maximum Gasteiger partial charge on any atom is 0.194 e. The quantitative estimate of drug-likeness (QED) is 0.433. The molecule has 0 spiro atoms. The van der Waals surface area contributed by atoms with Gasteiger partial charge in [0.05, 0.1) is 17.7 Å². The Bertz CT molecular complexity index is 631. The number of piperazine rings is 1. The van der Waals surface area contributed by atoms with E-state index < -0.39 is 0 Å². The van der Waals surface area contributed by atoms with Crippen molar-refractivity contribution in [2.45, 2.75) is 13.5 Å². The fourth-order valence-electron chi connectivity index (χ4n) is 2.73. The van der Waals surface area contributed by atoms with Crippen LogP contribution in [0, 0.1) is 0 Å². The fraction of sp³-hybridized carbons (Fsp3) is 0.500. The average molecular weight is 460 g/mol. The van der Waals surface area contributed by atoms with Crippen molar-refractivity contribution >= 4 is 46.3 Å². The zero-order chi connectivity index (χ0) is 16.1. The molecule has 0 aliphatic carbocycles. The molecular weight excluding hydrogens is 435 g/mol. The number of aromatic nitrogens is 2. The molecule has 3 heterocycles. The van der Waals surface area contributed by atoms with Crippen molar-refractivity contribution < 1.29 is 0 Å². The molecule has 1 aliphatic rings. The molecule has 3 rings (SSSR count). The van der Waals surface area contributed by atoms with Crippen molar-refractivity contribution in [3.63, 3.8) is 0 Å². The lowest BCUT2D eigenvalue weighted by atomic mass is 10.3. The van der Waals surface area contributed by atoms with Gasteiger partial charge in [0.2, 0.25) is 0 Å². The van der Waals surface area contributed by atoms with Gasteiger partial charge in [-0.05, 0) is 24.4 Å². The first-order valence-corrected chi connectivity index (χ1v) is 8.93. The van der Waals surface area contributed by atoms with Gasteiger partial charge in [0.15, 0.2) is 5.96 Å². The Labute approximate surface area is 164 Å². The van der Waals surface area contributed by atoms with Crippen LogP contribution in [-0.2, 0) is 13.6 Å². The smallest absolute Gasteiger partial charge is 0.194 e. The highest BCUT2D eigenvalue weighted by atomic mass is 127. The Kier molecular flexibility index (Phi) is 7.35. The van der Waals surface area contributed by atoms with E-state index >= 15 is 0 Å². The summed E-state index contributed by atoms with van der Waals surface area (Å²) in [6.45, 7) is 7.74. The summed E-state index contributed by atoms with van der Waals surface area (Å²) in [6.07, 6.45) is 3.89. The van der Waals surface area contributed by atoms with Gasteiger partial charge in [0.1, 0.15) is 0 Å². The Morgan fingerprint density at radius 3 is 2.71 bits per heavy atom. The van der Waals surface area contributed by atoms with Crippen LogP contribution in [0.5, 0.6) is 0 Å². The van der Waals surface area contributed by atoms with Crippen molar-refractivity contribution in [3.8, 4) is 0 Å². The zero-order valence-corrected chi connectivity index (χ0v) is 17.3. The number of aryl methyl sites for hydroxylation is 1. The summed E-state index contributed by atoms with van der Waals surface area (Å²) < 4.78 is 1.82. The summed E-state index contributed by atoms with van der Waals surface area (Å²) in [5.74, 6) is 1.00. The minimum Gasteiger partial charge on any atom is -0.360 e. The lowest BCUT2D eigenvalue weighted by Crippen LogP contribution is -2.52. The van der Waals surface area contributed by atoms with Gasteiger partial charge < -0.3 is 15.1 Å². The Morgan fingerprint density at radius 2 is 2.12 bits per heavy atom. The van der Waals surface area contributed by atoms with Gasteiger partial charge in [0.25, 0.3) is 0 Å². The molecule has 0 unspecified atom stereocenters. The van der Waals surface area contributed by atoms with E-state index in [1.165, 1.54) is 5.00 Å². The molecule has 0 saturated carbocycles. The second-order valence-corrected chi connectivity index (χ2v) is 6.54. The van der Waals surface area contributed by atoms with Crippen LogP contribution in [0.2, 0.25) is 0 Å². The lowest BCUT2D eigenvalue weighted by Gasteiger charge is -2.37. The molecule has 8 heteroatoms. The van der Waals surface area contributed by atoms with Crippen LogP contribution in [0.15, 0.2) is 34.9 Å². The largest absolute Gasteiger partial charge is 0.360 e. The van der Waals surface area contributed by atoms with Crippen LogP contribution in [0.1, 0.15) is 12.5 Å². The van der Waals surface area contributed by atoms with Gasteiger partial charge in [-0.3, -0.25) is 4.68 Å². The van der Waals surface area contributed by atoms with Crippen molar-refractivity contribution in [1.82, 2.24) is 20.0 Å². The first kappa shape index (κ1) is 19.0. The number of guanidine groups is 1. The highest BCUT2D eigenvalue weighted by molar-refractivity contribution is 14.0. The van der Waals surface area contributed by atoms with Crippen molar-refractivity contribution in [2.75, 3.05) is 37.6 Å². The summed E-state index contributed by atoms with van der Waals surface area (Å²) in [7, 11) is 1.93. The van der Waals surface area contributed by atoms with Crippen LogP contribution in [0.4, 0.5) is 5.00 Å². The molecule has 0 atom stereocenters. The molecule has 1 fully saturated rings. The number of rotatable bonds is 4. The second kappa shape index (κ2) is 9.26. The monoisotopic (exact) mass is 460 g/mol. The van der Waals surface area contributed by atoms with Gasteiger partial charge >= 0.3 is 0 Å². The van der Waals surface area contributed by atoms with Gasteiger partial charge in [-0.1, -0.05) is 0 Å². The molecule has 0 radical (unpaired) electrons. The number of halogens is 1.